The van der Waals surface area contributed by atoms with Crippen LogP contribution in [0.2, 0.25) is 0 Å². The summed E-state index contributed by atoms with van der Waals surface area (Å²) in [6, 6.07) is 8.92. The molecule has 0 aliphatic heterocycles. The summed E-state index contributed by atoms with van der Waals surface area (Å²) in [4.78, 5) is 0. The maximum absolute atomic E-state index is 6.25. The van der Waals surface area contributed by atoms with E-state index in [1.807, 2.05) is 0 Å². The molecule has 0 spiro atoms. The molecule has 1 aliphatic carbocycles. The summed E-state index contributed by atoms with van der Waals surface area (Å²) in [6.45, 7) is 4.16. The third kappa shape index (κ3) is 3.12. The van der Waals surface area contributed by atoms with E-state index in [0.717, 1.165) is 12.3 Å². The van der Waals surface area contributed by atoms with Crippen LogP contribution in [-0.4, -0.2) is 12.7 Å². The molecule has 2 heteroatoms. The predicted molar refractivity (Wildman–Crippen MR) is 75.7 cm³/mol. The first-order chi connectivity index (χ1) is 8.52. The van der Waals surface area contributed by atoms with Crippen molar-refractivity contribution in [2.24, 2.45) is 5.73 Å². The van der Waals surface area contributed by atoms with E-state index in [0.29, 0.717) is 0 Å². The number of ether oxygens (including phenoxy) is 1. The van der Waals surface area contributed by atoms with E-state index in [9.17, 15) is 0 Å². The highest BCUT2D eigenvalue weighted by Crippen LogP contribution is 2.36. The summed E-state index contributed by atoms with van der Waals surface area (Å²) in [6.07, 6.45) is 4.92. The van der Waals surface area contributed by atoms with Gasteiger partial charge in [0.2, 0.25) is 0 Å². The molecule has 1 fully saturated rings. The van der Waals surface area contributed by atoms with Crippen molar-refractivity contribution in [3.63, 3.8) is 0 Å². The zero-order chi connectivity index (χ0) is 13.2. The number of hydrogen-bond acceptors (Lipinski definition) is 2. The van der Waals surface area contributed by atoms with Gasteiger partial charge in [0.05, 0.1) is 5.60 Å². The molecule has 0 bridgehead atoms. The Morgan fingerprint density at radius 2 is 1.89 bits per heavy atom. The highest BCUT2D eigenvalue weighted by atomic mass is 16.5. The molecule has 2 rings (SSSR count). The average Bonchev–Trinajstić information content (AvgIpc) is 2.27. The molecule has 0 aromatic heterocycles. The SMILES string of the molecule is COC(C)(C)CC(N)c1ccc(C2CCC2)cc1. The van der Waals surface area contributed by atoms with Crippen LogP contribution in [0.1, 0.15) is 62.6 Å². The zero-order valence-electron chi connectivity index (χ0n) is 11.8. The van der Waals surface area contributed by atoms with Gasteiger partial charge in [0.1, 0.15) is 0 Å². The van der Waals surface area contributed by atoms with E-state index in [1.54, 1.807) is 7.11 Å². The molecule has 1 aliphatic rings. The van der Waals surface area contributed by atoms with E-state index in [4.69, 9.17) is 10.5 Å². The molecular formula is C16H25NO. The van der Waals surface area contributed by atoms with Crippen molar-refractivity contribution in [2.75, 3.05) is 7.11 Å². The van der Waals surface area contributed by atoms with Crippen molar-refractivity contribution >= 4 is 0 Å². The molecule has 1 unspecified atom stereocenters. The minimum absolute atomic E-state index is 0.0513. The summed E-state index contributed by atoms with van der Waals surface area (Å²) in [5.41, 5.74) is 8.78. The number of methoxy groups -OCH3 is 1. The second kappa shape index (κ2) is 5.41. The summed E-state index contributed by atoms with van der Waals surface area (Å²) in [5, 5.41) is 0. The first kappa shape index (κ1) is 13.6. The average molecular weight is 247 g/mol. The minimum atomic E-state index is -0.161. The van der Waals surface area contributed by atoms with E-state index in [-0.39, 0.29) is 11.6 Å². The third-order valence-corrected chi connectivity index (χ3v) is 4.21. The second-order valence-corrected chi connectivity index (χ2v) is 6.07. The molecule has 0 radical (unpaired) electrons. The predicted octanol–water partition coefficient (Wildman–Crippen LogP) is 3.77. The van der Waals surface area contributed by atoms with Gasteiger partial charge >= 0.3 is 0 Å². The van der Waals surface area contributed by atoms with Gasteiger partial charge in [-0.05, 0) is 50.2 Å². The molecular weight excluding hydrogens is 222 g/mol. The van der Waals surface area contributed by atoms with Gasteiger partial charge in [-0.25, -0.2) is 0 Å². The fourth-order valence-corrected chi connectivity index (χ4v) is 2.49. The Hall–Kier alpha value is -0.860. The second-order valence-electron chi connectivity index (χ2n) is 6.07. The maximum atomic E-state index is 6.25. The molecule has 1 atom stereocenters. The normalized spacial score (nSPS) is 18.4. The zero-order valence-corrected chi connectivity index (χ0v) is 11.8. The first-order valence-electron chi connectivity index (χ1n) is 6.92. The lowest BCUT2D eigenvalue weighted by atomic mass is 9.79. The Morgan fingerprint density at radius 3 is 2.33 bits per heavy atom. The van der Waals surface area contributed by atoms with Crippen LogP contribution >= 0.6 is 0 Å². The fourth-order valence-electron chi connectivity index (χ4n) is 2.49. The lowest BCUT2D eigenvalue weighted by molar-refractivity contribution is 0.00995. The van der Waals surface area contributed by atoms with Crippen LogP contribution in [0, 0.1) is 0 Å². The van der Waals surface area contributed by atoms with Crippen LogP contribution in [0.3, 0.4) is 0 Å². The number of benzene rings is 1. The summed E-state index contributed by atoms with van der Waals surface area (Å²) in [5.74, 6) is 0.797. The molecule has 1 saturated carbocycles. The molecule has 1 aromatic rings. The van der Waals surface area contributed by atoms with Crippen molar-refractivity contribution in [3.8, 4) is 0 Å². The van der Waals surface area contributed by atoms with Gasteiger partial charge in [-0.15, -0.1) is 0 Å². The number of nitrogens with two attached hydrogens (primary N) is 1. The highest BCUT2D eigenvalue weighted by molar-refractivity contribution is 5.28. The van der Waals surface area contributed by atoms with Gasteiger partial charge < -0.3 is 10.5 Å². The molecule has 100 valence electrons. The lowest BCUT2D eigenvalue weighted by Gasteiger charge is -2.28. The quantitative estimate of drug-likeness (QED) is 0.859. The molecule has 0 heterocycles. The van der Waals surface area contributed by atoms with E-state index >= 15 is 0 Å². The first-order valence-corrected chi connectivity index (χ1v) is 6.92. The fraction of sp³-hybridized carbons (Fsp3) is 0.625. The Morgan fingerprint density at radius 1 is 1.28 bits per heavy atom. The largest absolute Gasteiger partial charge is 0.379 e. The van der Waals surface area contributed by atoms with Crippen LogP contribution in [0.5, 0.6) is 0 Å². The lowest BCUT2D eigenvalue weighted by Crippen LogP contribution is -2.28. The smallest absolute Gasteiger partial charge is 0.0640 e. The minimum Gasteiger partial charge on any atom is -0.379 e. The van der Waals surface area contributed by atoms with Crippen LogP contribution in [0.15, 0.2) is 24.3 Å². The van der Waals surface area contributed by atoms with Crippen molar-refractivity contribution in [1.82, 2.24) is 0 Å². The standard InChI is InChI=1S/C16H25NO/c1-16(2,18-3)11-15(17)14-9-7-13(8-10-14)12-5-4-6-12/h7-10,12,15H,4-6,11,17H2,1-3H3. The van der Waals surface area contributed by atoms with Crippen molar-refractivity contribution in [3.05, 3.63) is 35.4 Å². The number of rotatable bonds is 5. The Kier molecular flexibility index (Phi) is 4.08. The molecule has 2 N–H and O–H groups in total. The topological polar surface area (TPSA) is 35.2 Å². The van der Waals surface area contributed by atoms with Crippen molar-refractivity contribution < 1.29 is 4.74 Å². The summed E-state index contributed by atoms with van der Waals surface area (Å²) >= 11 is 0. The van der Waals surface area contributed by atoms with Crippen LogP contribution < -0.4 is 5.73 Å². The van der Waals surface area contributed by atoms with E-state index < -0.39 is 0 Å². The van der Waals surface area contributed by atoms with Crippen LogP contribution in [-0.2, 0) is 4.74 Å². The van der Waals surface area contributed by atoms with Crippen LogP contribution in [0.25, 0.3) is 0 Å². The Labute approximate surface area is 111 Å². The van der Waals surface area contributed by atoms with Gasteiger partial charge in [-0.2, -0.15) is 0 Å². The molecule has 2 nitrogen and oxygen atoms in total. The van der Waals surface area contributed by atoms with Gasteiger partial charge in [0.25, 0.3) is 0 Å². The molecule has 0 amide bonds. The van der Waals surface area contributed by atoms with Gasteiger partial charge in [-0.3, -0.25) is 0 Å². The molecule has 1 aromatic carbocycles. The Balaban J connectivity index is 2.00. The van der Waals surface area contributed by atoms with Crippen LogP contribution in [0.4, 0.5) is 0 Å². The number of hydrogen-bond donors (Lipinski definition) is 1. The van der Waals surface area contributed by atoms with E-state index in [2.05, 4.69) is 38.1 Å². The van der Waals surface area contributed by atoms with Crippen molar-refractivity contribution in [1.29, 1.82) is 0 Å². The molecule has 0 saturated heterocycles. The highest BCUT2D eigenvalue weighted by Gasteiger charge is 2.22. The van der Waals surface area contributed by atoms with Gasteiger partial charge in [0, 0.05) is 13.2 Å². The van der Waals surface area contributed by atoms with E-state index in [1.165, 1.54) is 30.4 Å². The maximum Gasteiger partial charge on any atom is 0.0640 e. The van der Waals surface area contributed by atoms with Gasteiger partial charge in [0.15, 0.2) is 0 Å². The Bertz CT molecular complexity index is 379. The van der Waals surface area contributed by atoms with Crippen molar-refractivity contribution in [2.45, 2.75) is 57.1 Å². The van der Waals surface area contributed by atoms with Gasteiger partial charge in [-0.1, -0.05) is 30.7 Å². The summed E-state index contributed by atoms with van der Waals surface area (Å²) in [7, 11) is 1.74. The summed E-state index contributed by atoms with van der Waals surface area (Å²) < 4.78 is 5.44. The molecule has 18 heavy (non-hydrogen) atoms. The monoisotopic (exact) mass is 247 g/mol. The third-order valence-electron chi connectivity index (χ3n) is 4.21.